The summed E-state index contributed by atoms with van der Waals surface area (Å²) in [4.78, 5) is 14.3. The summed E-state index contributed by atoms with van der Waals surface area (Å²) in [6, 6.07) is 11.5. The number of benzene rings is 1. The molecule has 3 rings (SSSR count). The van der Waals surface area contributed by atoms with Gasteiger partial charge in [-0.2, -0.15) is 5.10 Å². The van der Waals surface area contributed by atoms with Crippen LogP contribution in [0.1, 0.15) is 23.3 Å². The number of para-hydroxylation sites is 1. The van der Waals surface area contributed by atoms with Crippen molar-refractivity contribution in [2.45, 2.75) is 12.8 Å². The third kappa shape index (κ3) is 2.97. The van der Waals surface area contributed by atoms with Crippen LogP contribution in [0.25, 0.3) is 5.69 Å². The maximum atomic E-state index is 12.4. The molecule has 5 heteroatoms. The van der Waals surface area contributed by atoms with Gasteiger partial charge in [-0.3, -0.25) is 4.79 Å². The lowest BCUT2D eigenvalue weighted by molar-refractivity contribution is 0.0644. The Bertz CT molecular complexity index is 601. The number of hydrogen-bond donors (Lipinski definition) is 1. The van der Waals surface area contributed by atoms with E-state index in [-0.39, 0.29) is 12.5 Å². The largest absolute Gasteiger partial charge is 0.396 e. The summed E-state index contributed by atoms with van der Waals surface area (Å²) in [5.41, 5.74) is 1.41. The summed E-state index contributed by atoms with van der Waals surface area (Å²) >= 11 is 0. The second-order valence-corrected chi connectivity index (χ2v) is 5.40. The van der Waals surface area contributed by atoms with E-state index < -0.39 is 0 Å². The van der Waals surface area contributed by atoms with Crippen molar-refractivity contribution in [3.8, 4) is 5.69 Å². The molecule has 1 aliphatic rings. The van der Waals surface area contributed by atoms with E-state index in [2.05, 4.69) is 5.10 Å². The fourth-order valence-corrected chi connectivity index (χ4v) is 2.64. The van der Waals surface area contributed by atoms with Crippen LogP contribution in [0.5, 0.6) is 0 Å². The summed E-state index contributed by atoms with van der Waals surface area (Å²) in [7, 11) is 0. The molecule has 0 unspecified atom stereocenters. The molecular weight excluding hydrogens is 266 g/mol. The van der Waals surface area contributed by atoms with Crippen molar-refractivity contribution in [1.29, 1.82) is 0 Å². The van der Waals surface area contributed by atoms with Crippen molar-refractivity contribution >= 4 is 5.91 Å². The molecule has 0 aliphatic carbocycles. The number of aliphatic hydroxyl groups excluding tert-OH is 1. The number of likely N-dealkylation sites (tertiary alicyclic amines) is 1. The van der Waals surface area contributed by atoms with Gasteiger partial charge in [-0.25, -0.2) is 4.68 Å². The predicted molar refractivity (Wildman–Crippen MR) is 79.3 cm³/mol. The number of aliphatic hydroxyl groups is 1. The van der Waals surface area contributed by atoms with Crippen molar-refractivity contribution in [1.82, 2.24) is 14.7 Å². The van der Waals surface area contributed by atoms with Gasteiger partial charge in [0.1, 0.15) is 0 Å². The lowest BCUT2D eigenvalue weighted by Gasteiger charge is -2.30. The van der Waals surface area contributed by atoms with Crippen molar-refractivity contribution in [3.05, 3.63) is 48.3 Å². The fourth-order valence-electron chi connectivity index (χ4n) is 2.64. The minimum Gasteiger partial charge on any atom is -0.396 e. The Hall–Kier alpha value is -2.14. The number of rotatable bonds is 3. The quantitative estimate of drug-likeness (QED) is 0.934. The average Bonchev–Trinajstić information content (AvgIpc) is 3.05. The van der Waals surface area contributed by atoms with E-state index in [1.807, 2.05) is 41.4 Å². The van der Waals surface area contributed by atoms with Crippen LogP contribution in [0.3, 0.4) is 0 Å². The highest BCUT2D eigenvalue weighted by atomic mass is 16.3. The van der Waals surface area contributed by atoms with Crippen LogP contribution >= 0.6 is 0 Å². The summed E-state index contributed by atoms with van der Waals surface area (Å²) in [5.74, 6) is 0.303. The van der Waals surface area contributed by atoms with Gasteiger partial charge in [-0.05, 0) is 37.0 Å². The predicted octanol–water partition coefficient (Wildman–Crippen LogP) is 1.72. The molecular formula is C16H19N3O2. The first-order valence-electron chi connectivity index (χ1n) is 7.29. The van der Waals surface area contributed by atoms with Crippen molar-refractivity contribution in [2.24, 2.45) is 5.92 Å². The Morgan fingerprint density at radius 3 is 2.57 bits per heavy atom. The van der Waals surface area contributed by atoms with E-state index in [1.54, 1.807) is 10.7 Å². The third-order valence-corrected chi connectivity index (χ3v) is 3.99. The van der Waals surface area contributed by atoms with Crippen molar-refractivity contribution in [2.75, 3.05) is 19.7 Å². The molecule has 1 aliphatic heterocycles. The van der Waals surface area contributed by atoms with E-state index in [0.717, 1.165) is 18.5 Å². The molecule has 1 aromatic heterocycles. The van der Waals surface area contributed by atoms with Crippen LogP contribution in [0.2, 0.25) is 0 Å². The zero-order valence-corrected chi connectivity index (χ0v) is 11.9. The van der Waals surface area contributed by atoms with Gasteiger partial charge in [0, 0.05) is 25.9 Å². The maximum Gasteiger partial charge on any atom is 0.274 e. The van der Waals surface area contributed by atoms with Gasteiger partial charge in [0.25, 0.3) is 5.91 Å². The maximum absolute atomic E-state index is 12.4. The molecule has 0 saturated carbocycles. The normalized spacial score (nSPS) is 16.1. The summed E-state index contributed by atoms with van der Waals surface area (Å²) in [5, 5.41) is 13.5. The highest BCUT2D eigenvalue weighted by molar-refractivity contribution is 5.92. The first-order chi connectivity index (χ1) is 10.3. The van der Waals surface area contributed by atoms with Gasteiger partial charge >= 0.3 is 0 Å². The number of carbonyl (C=O) groups excluding carboxylic acids is 1. The Balaban J connectivity index is 1.70. The number of amides is 1. The molecule has 1 amide bonds. The number of aromatic nitrogens is 2. The molecule has 1 fully saturated rings. The Labute approximate surface area is 123 Å². The molecule has 2 aromatic rings. The Kier molecular flexibility index (Phi) is 4.01. The minimum atomic E-state index is -0.0268. The standard InChI is InChI=1S/C16H19N3O2/c20-12-13-6-9-18(10-7-13)16(21)15-8-11-19(17-15)14-4-2-1-3-5-14/h1-5,8,11,13,20H,6-7,9-10,12H2. The molecule has 1 saturated heterocycles. The van der Waals surface area contributed by atoms with Crippen LogP contribution in [0.15, 0.2) is 42.6 Å². The molecule has 5 nitrogen and oxygen atoms in total. The molecule has 2 heterocycles. The molecule has 0 bridgehead atoms. The topological polar surface area (TPSA) is 58.4 Å². The molecule has 1 aromatic carbocycles. The average molecular weight is 285 g/mol. The SMILES string of the molecule is O=C(c1ccn(-c2ccccc2)n1)N1CCC(CO)CC1. The summed E-state index contributed by atoms with van der Waals surface area (Å²) in [6.07, 6.45) is 3.53. The van der Waals surface area contributed by atoms with Crippen LogP contribution in [-0.4, -0.2) is 45.4 Å². The molecule has 0 atom stereocenters. The molecule has 110 valence electrons. The van der Waals surface area contributed by atoms with Gasteiger partial charge in [-0.1, -0.05) is 18.2 Å². The van der Waals surface area contributed by atoms with Crippen LogP contribution in [0.4, 0.5) is 0 Å². The second-order valence-electron chi connectivity index (χ2n) is 5.40. The molecule has 0 spiro atoms. The Morgan fingerprint density at radius 2 is 1.90 bits per heavy atom. The fraction of sp³-hybridized carbons (Fsp3) is 0.375. The molecule has 1 N–H and O–H groups in total. The van der Waals surface area contributed by atoms with E-state index in [0.29, 0.717) is 24.7 Å². The monoisotopic (exact) mass is 285 g/mol. The van der Waals surface area contributed by atoms with Crippen molar-refractivity contribution in [3.63, 3.8) is 0 Å². The molecule has 0 radical (unpaired) electrons. The van der Waals surface area contributed by atoms with E-state index >= 15 is 0 Å². The van der Waals surface area contributed by atoms with Gasteiger partial charge < -0.3 is 10.0 Å². The first-order valence-corrected chi connectivity index (χ1v) is 7.29. The number of hydrogen-bond acceptors (Lipinski definition) is 3. The highest BCUT2D eigenvalue weighted by Crippen LogP contribution is 2.18. The zero-order chi connectivity index (χ0) is 14.7. The smallest absolute Gasteiger partial charge is 0.274 e. The number of nitrogens with zero attached hydrogens (tertiary/aromatic N) is 3. The highest BCUT2D eigenvalue weighted by Gasteiger charge is 2.24. The van der Waals surface area contributed by atoms with Crippen LogP contribution < -0.4 is 0 Å². The van der Waals surface area contributed by atoms with Gasteiger partial charge in [0.15, 0.2) is 5.69 Å². The third-order valence-electron chi connectivity index (χ3n) is 3.99. The first kappa shape index (κ1) is 13.8. The summed E-state index contributed by atoms with van der Waals surface area (Å²) < 4.78 is 1.72. The van der Waals surface area contributed by atoms with Crippen LogP contribution in [-0.2, 0) is 0 Å². The minimum absolute atomic E-state index is 0.0268. The van der Waals surface area contributed by atoms with E-state index in [1.165, 1.54) is 0 Å². The zero-order valence-electron chi connectivity index (χ0n) is 11.9. The van der Waals surface area contributed by atoms with Gasteiger partial charge in [0.05, 0.1) is 5.69 Å². The molecule has 21 heavy (non-hydrogen) atoms. The lowest BCUT2D eigenvalue weighted by atomic mass is 9.98. The van der Waals surface area contributed by atoms with Crippen LogP contribution in [0, 0.1) is 5.92 Å². The van der Waals surface area contributed by atoms with Crippen molar-refractivity contribution < 1.29 is 9.90 Å². The second kappa shape index (κ2) is 6.10. The van der Waals surface area contributed by atoms with Gasteiger partial charge in [0.2, 0.25) is 0 Å². The Morgan fingerprint density at radius 1 is 1.19 bits per heavy atom. The number of carbonyl (C=O) groups is 1. The van der Waals surface area contributed by atoms with Gasteiger partial charge in [-0.15, -0.1) is 0 Å². The summed E-state index contributed by atoms with van der Waals surface area (Å²) in [6.45, 7) is 1.61. The number of piperidine rings is 1. The van der Waals surface area contributed by atoms with E-state index in [9.17, 15) is 4.79 Å². The lowest BCUT2D eigenvalue weighted by Crippen LogP contribution is -2.39. The van der Waals surface area contributed by atoms with E-state index in [4.69, 9.17) is 5.11 Å².